The summed E-state index contributed by atoms with van der Waals surface area (Å²) in [7, 11) is 4.71. The molecule has 1 fully saturated rings. The van der Waals surface area contributed by atoms with E-state index in [-0.39, 0.29) is 0 Å². The summed E-state index contributed by atoms with van der Waals surface area (Å²) in [5.41, 5.74) is 0. The monoisotopic (exact) mass is 170 g/mol. The van der Waals surface area contributed by atoms with Crippen molar-refractivity contribution in [3.8, 4) is 0 Å². The van der Waals surface area contributed by atoms with Gasteiger partial charge in [-0.25, -0.2) is 0 Å². The Morgan fingerprint density at radius 2 is 1.67 bits per heavy atom. The third kappa shape index (κ3) is 3.14. The summed E-state index contributed by atoms with van der Waals surface area (Å²) >= 11 is 0. The SMILES string of the molecule is CC(C)CC1CC[N+](C)(C)CC1. The number of hydrogen-bond acceptors (Lipinski definition) is 0. The average molecular weight is 170 g/mol. The fourth-order valence-electron chi connectivity index (χ4n) is 2.22. The zero-order valence-electron chi connectivity index (χ0n) is 9.14. The smallest absolute Gasteiger partial charge is 0.0785 e. The largest absolute Gasteiger partial charge is 0.328 e. The van der Waals surface area contributed by atoms with Crippen LogP contribution in [0.25, 0.3) is 0 Å². The van der Waals surface area contributed by atoms with Crippen molar-refractivity contribution in [2.45, 2.75) is 33.1 Å². The topological polar surface area (TPSA) is 0 Å². The van der Waals surface area contributed by atoms with E-state index in [2.05, 4.69) is 27.9 Å². The standard InChI is InChI=1S/C11H24N/c1-10(2)9-11-5-7-12(3,4)8-6-11/h10-11H,5-9H2,1-4H3/q+1. The van der Waals surface area contributed by atoms with Gasteiger partial charge in [0.1, 0.15) is 0 Å². The molecule has 0 aromatic rings. The van der Waals surface area contributed by atoms with Gasteiger partial charge in [-0.15, -0.1) is 0 Å². The summed E-state index contributed by atoms with van der Waals surface area (Å²) in [4.78, 5) is 0. The summed E-state index contributed by atoms with van der Waals surface area (Å²) in [5, 5.41) is 0. The molecule has 0 aromatic heterocycles. The van der Waals surface area contributed by atoms with Crippen molar-refractivity contribution in [2.75, 3.05) is 27.2 Å². The average Bonchev–Trinajstić information content (AvgIpc) is 1.93. The zero-order valence-corrected chi connectivity index (χ0v) is 9.14. The lowest BCUT2D eigenvalue weighted by Crippen LogP contribution is -2.46. The highest BCUT2D eigenvalue weighted by molar-refractivity contribution is 4.65. The predicted molar refractivity (Wildman–Crippen MR) is 54.0 cm³/mol. The zero-order chi connectivity index (χ0) is 9.19. The van der Waals surface area contributed by atoms with Crippen LogP contribution in [0.4, 0.5) is 0 Å². The Morgan fingerprint density at radius 3 is 2.08 bits per heavy atom. The second kappa shape index (κ2) is 3.78. The van der Waals surface area contributed by atoms with E-state index in [0.717, 1.165) is 11.8 Å². The normalized spacial score (nSPS) is 24.8. The van der Waals surface area contributed by atoms with Crippen molar-refractivity contribution in [1.29, 1.82) is 0 Å². The van der Waals surface area contributed by atoms with E-state index < -0.39 is 0 Å². The van der Waals surface area contributed by atoms with E-state index in [1.54, 1.807) is 0 Å². The van der Waals surface area contributed by atoms with Gasteiger partial charge in [0.05, 0.1) is 27.2 Å². The molecule has 0 radical (unpaired) electrons. The maximum Gasteiger partial charge on any atom is 0.0785 e. The minimum atomic E-state index is 0.892. The van der Waals surface area contributed by atoms with E-state index in [0.29, 0.717) is 0 Å². The third-order valence-corrected chi connectivity index (χ3v) is 3.09. The van der Waals surface area contributed by atoms with Gasteiger partial charge < -0.3 is 4.48 Å². The Bertz CT molecular complexity index is 128. The highest BCUT2D eigenvalue weighted by Crippen LogP contribution is 2.25. The van der Waals surface area contributed by atoms with Crippen molar-refractivity contribution in [2.24, 2.45) is 11.8 Å². The Hall–Kier alpha value is -0.0400. The first kappa shape index (κ1) is 10.0. The van der Waals surface area contributed by atoms with Crippen LogP contribution in [0.5, 0.6) is 0 Å². The molecule has 1 heterocycles. The van der Waals surface area contributed by atoms with Gasteiger partial charge in [0, 0.05) is 0 Å². The maximum absolute atomic E-state index is 2.35. The van der Waals surface area contributed by atoms with E-state index >= 15 is 0 Å². The molecule has 12 heavy (non-hydrogen) atoms. The molecule has 0 saturated carbocycles. The Morgan fingerprint density at radius 1 is 1.17 bits per heavy atom. The molecule has 0 aliphatic carbocycles. The van der Waals surface area contributed by atoms with Crippen molar-refractivity contribution >= 4 is 0 Å². The van der Waals surface area contributed by atoms with Crippen molar-refractivity contribution < 1.29 is 4.48 Å². The van der Waals surface area contributed by atoms with E-state index in [9.17, 15) is 0 Å². The summed E-state index contributed by atoms with van der Waals surface area (Å²) in [6.07, 6.45) is 4.34. The predicted octanol–water partition coefficient (Wildman–Crippen LogP) is 2.52. The minimum absolute atomic E-state index is 0.892. The van der Waals surface area contributed by atoms with Crippen LogP contribution in [0.1, 0.15) is 33.1 Å². The number of quaternary nitrogens is 1. The van der Waals surface area contributed by atoms with Crippen molar-refractivity contribution in [1.82, 2.24) is 0 Å². The van der Waals surface area contributed by atoms with Gasteiger partial charge in [-0.3, -0.25) is 0 Å². The van der Waals surface area contributed by atoms with Gasteiger partial charge in [-0.2, -0.15) is 0 Å². The fourth-order valence-corrected chi connectivity index (χ4v) is 2.22. The van der Waals surface area contributed by atoms with Crippen LogP contribution >= 0.6 is 0 Å². The van der Waals surface area contributed by atoms with Gasteiger partial charge in [0.25, 0.3) is 0 Å². The molecule has 0 N–H and O–H groups in total. The van der Waals surface area contributed by atoms with E-state index in [4.69, 9.17) is 0 Å². The van der Waals surface area contributed by atoms with Gasteiger partial charge in [-0.1, -0.05) is 13.8 Å². The minimum Gasteiger partial charge on any atom is -0.328 e. The molecule has 72 valence electrons. The first-order valence-electron chi connectivity index (χ1n) is 5.31. The number of nitrogens with zero attached hydrogens (tertiary/aromatic N) is 1. The third-order valence-electron chi connectivity index (χ3n) is 3.09. The fraction of sp³-hybridized carbons (Fsp3) is 1.00. The second-order valence-electron chi connectivity index (χ2n) is 5.46. The molecule has 1 rings (SSSR count). The molecule has 0 atom stereocenters. The summed E-state index contributed by atoms with van der Waals surface area (Å²) < 4.78 is 1.24. The first-order valence-corrected chi connectivity index (χ1v) is 5.31. The van der Waals surface area contributed by atoms with E-state index in [1.807, 2.05) is 0 Å². The molecule has 1 nitrogen and oxygen atoms in total. The van der Waals surface area contributed by atoms with Crippen LogP contribution in [0.2, 0.25) is 0 Å². The Balaban J connectivity index is 2.27. The highest BCUT2D eigenvalue weighted by Gasteiger charge is 2.25. The molecule has 1 saturated heterocycles. The second-order valence-corrected chi connectivity index (χ2v) is 5.46. The van der Waals surface area contributed by atoms with Crippen LogP contribution in [0, 0.1) is 11.8 Å². The molecular formula is C11H24N+. The van der Waals surface area contributed by atoms with Crippen molar-refractivity contribution in [3.05, 3.63) is 0 Å². The van der Waals surface area contributed by atoms with Crippen LogP contribution in [0.3, 0.4) is 0 Å². The lowest BCUT2D eigenvalue weighted by molar-refractivity contribution is -0.896. The van der Waals surface area contributed by atoms with Gasteiger partial charge >= 0.3 is 0 Å². The molecule has 0 bridgehead atoms. The van der Waals surface area contributed by atoms with Crippen LogP contribution in [0.15, 0.2) is 0 Å². The van der Waals surface area contributed by atoms with Gasteiger partial charge in [-0.05, 0) is 31.1 Å². The Kier molecular flexibility index (Phi) is 3.16. The lowest BCUT2D eigenvalue weighted by Gasteiger charge is -2.37. The number of likely N-dealkylation sites (tertiary alicyclic amines) is 1. The molecule has 0 spiro atoms. The molecule has 0 unspecified atom stereocenters. The maximum atomic E-state index is 2.35. The number of piperidine rings is 1. The molecule has 0 aromatic carbocycles. The van der Waals surface area contributed by atoms with E-state index in [1.165, 1.54) is 36.8 Å². The number of hydrogen-bond donors (Lipinski definition) is 0. The van der Waals surface area contributed by atoms with Crippen LogP contribution < -0.4 is 0 Å². The van der Waals surface area contributed by atoms with Gasteiger partial charge in [0.2, 0.25) is 0 Å². The van der Waals surface area contributed by atoms with Crippen LogP contribution in [-0.2, 0) is 0 Å². The Labute approximate surface area is 77.4 Å². The lowest BCUT2D eigenvalue weighted by atomic mass is 9.88. The van der Waals surface area contributed by atoms with Crippen molar-refractivity contribution in [3.63, 3.8) is 0 Å². The molecule has 1 heteroatoms. The quantitative estimate of drug-likeness (QED) is 0.559. The summed E-state index contributed by atoms with van der Waals surface area (Å²) in [6.45, 7) is 7.46. The first-order chi connectivity index (χ1) is 5.49. The highest BCUT2D eigenvalue weighted by atomic mass is 15.3. The summed E-state index contributed by atoms with van der Waals surface area (Å²) in [6, 6.07) is 0. The molecule has 1 aliphatic rings. The summed E-state index contributed by atoms with van der Waals surface area (Å²) in [5.74, 6) is 1.92. The number of rotatable bonds is 2. The van der Waals surface area contributed by atoms with Crippen LogP contribution in [-0.4, -0.2) is 31.7 Å². The van der Waals surface area contributed by atoms with Gasteiger partial charge in [0.15, 0.2) is 0 Å². The molecule has 0 amide bonds. The molecule has 1 aliphatic heterocycles. The molecular weight excluding hydrogens is 146 g/mol.